The molecule has 0 radical (unpaired) electrons. The maximum absolute atomic E-state index is 12.1. The topological polar surface area (TPSA) is 56.7 Å². The van der Waals surface area contributed by atoms with E-state index in [0.29, 0.717) is 5.02 Å². The summed E-state index contributed by atoms with van der Waals surface area (Å²) in [6.07, 6.45) is 3.04. The Morgan fingerprint density at radius 1 is 1.21 bits per heavy atom. The van der Waals surface area contributed by atoms with E-state index < -0.39 is 5.97 Å². The number of rotatable bonds is 3. The van der Waals surface area contributed by atoms with Gasteiger partial charge in [0.2, 0.25) is 5.76 Å². The summed E-state index contributed by atoms with van der Waals surface area (Å²) >= 11 is 6.05. The van der Waals surface area contributed by atoms with Crippen molar-refractivity contribution in [3.63, 3.8) is 0 Å². The molecule has 2 aromatic heterocycles. The molecule has 0 fully saturated rings. The Bertz CT molecular complexity index is 1040. The van der Waals surface area contributed by atoms with Gasteiger partial charge in [-0.05, 0) is 67.6 Å². The zero-order valence-corrected chi connectivity index (χ0v) is 16.8. The van der Waals surface area contributed by atoms with Crippen molar-refractivity contribution in [3.8, 4) is 5.69 Å². The number of fused-ring (bicyclic) bond motifs is 1. The van der Waals surface area contributed by atoms with Crippen LogP contribution in [0.15, 0.2) is 58.3 Å². The molecule has 28 heavy (non-hydrogen) atoms. The van der Waals surface area contributed by atoms with Gasteiger partial charge in [0.1, 0.15) is 0 Å². The number of hydrogen-bond donors (Lipinski definition) is 0. The fourth-order valence-electron chi connectivity index (χ4n) is 3.75. The smallest absolute Gasteiger partial charge is 0.400 e. The van der Waals surface area contributed by atoms with Crippen molar-refractivity contribution in [1.82, 2.24) is 4.57 Å². The van der Waals surface area contributed by atoms with Crippen molar-refractivity contribution in [2.24, 2.45) is 10.6 Å². The first kappa shape index (κ1) is 18.6. The van der Waals surface area contributed by atoms with Crippen LogP contribution in [0.25, 0.3) is 5.69 Å². The van der Waals surface area contributed by atoms with Crippen LogP contribution in [-0.2, 0) is 11.3 Å². The molecule has 0 saturated carbocycles. The number of halogens is 1. The molecule has 0 amide bonds. The van der Waals surface area contributed by atoms with Crippen LogP contribution in [0.3, 0.4) is 0 Å². The molecular weight excluding hydrogens is 376 g/mol. The molecule has 6 heteroatoms. The van der Waals surface area contributed by atoms with E-state index in [1.807, 2.05) is 24.3 Å². The second-order valence-corrected chi connectivity index (χ2v) is 8.31. The minimum Gasteiger partial charge on any atom is -0.457 e. The number of carbonyl (C=O) groups is 1. The van der Waals surface area contributed by atoms with E-state index in [4.69, 9.17) is 20.9 Å². The molecule has 0 N–H and O–H groups in total. The standard InChI is InChI=1S/C22H21ClN2O3/c1-14-11-17-18(24-28-21(26)20-5-4-10-27-20)12-22(2,3)13-19(17)25(14)16-8-6-15(23)7-9-16/h4-11H,12-13H2,1-3H3/b24-18+. The Morgan fingerprint density at radius 2 is 1.96 bits per heavy atom. The Balaban J connectivity index is 1.74. The number of benzene rings is 1. The van der Waals surface area contributed by atoms with Crippen molar-refractivity contribution < 1.29 is 14.0 Å². The van der Waals surface area contributed by atoms with Crippen molar-refractivity contribution >= 4 is 23.3 Å². The Morgan fingerprint density at radius 3 is 2.64 bits per heavy atom. The van der Waals surface area contributed by atoms with Gasteiger partial charge >= 0.3 is 5.97 Å². The second-order valence-electron chi connectivity index (χ2n) is 7.87. The van der Waals surface area contributed by atoms with Crippen LogP contribution < -0.4 is 0 Å². The first-order valence-corrected chi connectivity index (χ1v) is 9.51. The van der Waals surface area contributed by atoms with Crippen LogP contribution >= 0.6 is 11.6 Å². The predicted molar refractivity (Wildman–Crippen MR) is 108 cm³/mol. The fraction of sp³-hybridized carbons (Fsp3) is 0.273. The Kier molecular flexibility index (Phi) is 4.63. The highest BCUT2D eigenvalue weighted by molar-refractivity contribution is 6.30. The molecule has 3 aromatic rings. The molecule has 0 bridgehead atoms. The van der Waals surface area contributed by atoms with Gasteiger partial charge < -0.3 is 13.8 Å². The zero-order chi connectivity index (χ0) is 19.9. The van der Waals surface area contributed by atoms with Crippen LogP contribution in [0, 0.1) is 12.3 Å². The summed E-state index contributed by atoms with van der Waals surface area (Å²) in [5.74, 6) is -0.467. The third-order valence-electron chi connectivity index (χ3n) is 4.94. The maximum Gasteiger partial charge on any atom is 0.400 e. The molecule has 0 aliphatic heterocycles. The van der Waals surface area contributed by atoms with Gasteiger partial charge in [-0.1, -0.05) is 30.6 Å². The van der Waals surface area contributed by atoms with E-state index in [9.17, 15) is 4.79 Å². The molecule has 2 heterocycles. The van der Waals surface area contributed by atoms with Crippen LogP contribution in [0.2, 0.25) is 5.02 Å². The molecule has 1 aliphatic carbocycles. The zero-order valence-electron chi connectivity index (χ0n) is 16.0. The van der Waals surface area contributed by atoms with Gasteiger partial charge in [-0.15, -0.1) is 0 Å². The lowest BCUT2D eigenvalue weighted by Crippen LogP contribution is -2.28. The molecule has 0 atom stereocenters. The van der Waals surface area contributed by atoms with Gasteiger partial charge in [-0.25, -0.2) is 4.79 Å². The number of hydrogen-bond acceptors (Lipinski definition) is 4. The highest BCUT2D eigenvalue weighted by Gasteiger charge is 2.33. The minimum absolute atomic E-state index is 0.0160. The quantitative estimate of drug-likeness (QED) is 0.429. The lowest BCUT2D eigenvalue weighted by Gasteiger charge is -2.31. The Labute approximate surface area is 168 Å². The van der Waals surface area contributed by atoms with Gasteiger partial charge in [0.05, 0.1) is 12.0 Å². The maximum atomic E-state index is 12.1. The molecule has 0 saturated heterocycles. The summed E-state index contributed by atoms with van der Waals surface area (Å²) in [6.45, 7) is 6.44. The largest absolute Gasteiger partial charge is 0.457 e. The van der Waals surface area contributed by atoms with Crippen molar-refractivity contribution in [1.29, 1.82) is 0 Å². The van der Waals surface area contributed by atoms with Gasteiger partial charge in [0, 0.05) is 27.7 Å². The summed E-state index contributed by atoms with van der Waals surface area (Å²) < 4.78 is 7.30. The Hall–Kier alpha value is -2.79. The number of furan rings is 1. The van der Waals surface area contributed by atoms with Crippen molar-refractivity contribution in [2.75, 3.05) is 0 Å². The average molecular weight is 397 g/mol. The molecule has 1 aromatic carbocycles. The lowest BCUT2D eigenvalue weighted by molar-refractivity contribution is 0.0477. The number of aromatic nitrogens is 1. The molecule has 144 valence electrons. The molecule has 0 spiro atoms. The van der Waals surface area contributed by atoms with E-state index in [1.54, 1.807) is 12.1 Å². The summed E-state index contributed by atoms with van der Waals surface area (Å²) in [4.78, 5) is 17.3. The van der Waals surface area contributed by atoms with Gasteiger partial charge in [0.15, 0.2) is 0 Å². The third kappa shape index (κ3) is 3.50. The highest BCUT2D eigenvalue weighted by Crippen LogP contribution is 2.38. The van der Waals surface area contributed by atoms with E-state index in [-0.39, 0.29) is 11.2 Å². The fourth-order valence-corrected chi connectivity index (χ4v) is 3.87. The van der Waals surface area contributed by atoms with Gasteiger partial charge in [-0.3, -0.25) is 0 Å². The molecule has 4 rings (SSSR count). The second kappa shape index (κ2) is 6.99. The van der Waals surface area contributed by atoms with Crippen LogP contribution in [-0.4, -0.2) is 16.2 Å². The van der Waals surface area contributed by atoms with Crippen LogP contribution in [0.5, 0.6) is 0 Å². The first-order valence-electron chi connectivity index (χ1n) is 9.13. The summed E-state index contributed by atoms with van der Waals surface area (Å²) in [5, 5.41) is 4.91. The highest BCUT2D eigenvalue weighted by atomic mass is 35.5. The van der Waals surface area contributed by atoms with E-state index in [0.717, 1.165) is 41.2 Å². The molecule has 1 aliphatic rings. The molecule has 5 nitrogen and oxygen atoms in total. The molecule has 0 unspecified atom stereocenters. The number of oxime groups is 1. The average Bonchev–Trinajstić information content (AvgIpc) is 3.28. The minimum atomic E-state index is -0.601. The van der Waals surface area contributed by atoms with Crippen LogP contribution in [0.4, 0.5) is 0 Å². The lowest BCUT2D eigenvalue weighted by atomic mass is 9.76. The normalized spacial score (nSPS) is 16.8. The third-order valence-corrected chi connectivity index (χ3v) is 5.19. The number of aryl methyl sites for hydroxylation is 1. The van der Waals surface area contributed by atoms with E-state index in [2.05, 4.69) is 36.6 Å². The summed E-state index contributed by atoms with van der Waals surface area (Å²) in [7, 11) is 0. The first-order chi connectivity index (χ1) is 13.3. The van der Waals surface area contributed by atoms with E-state index in [1.165, 1.54) is 6.26 Å². The van der Waals surface area contributed by atoms with E-state index >= 15 is 0 Å². The number of carbonyl (C=O) groups excluding carboxylic acids is 1. The summed E-state index contributed by atoms with van der Waals surface area (Å²) in [6, 6.07) is 13.1. The van der Waals surface area contributed by atoms with Crippen molar-refractivity contribution in [2.45, 2.75) is 33.6 Å². The number of nitrogens with zero attached hydrogens (tertiary/aromatic N) is 2. The van der Waals surface area contributed by atoms with Crippen molar-refractivity contribution in [3.05, 3.63) is 76.5 Å². The molecular formula is C22H21ClN2O3. The predicted octanol–water partition coefficient (Wildman–Crippen LogP) is 5.57. The van der Waals surface area contributed by atoms with Crippen LogP contribution in [0.1, 0.15) is 47.8 Å². The SMILES string of the molecule is Cc1cc2c(n1-c1ccc(Cl)cc1)CC(C)(C)C/C2=N\OC(=O)c1ccco1. The van der Waals surface area contributed by atoms with Gasteiger partial charge in [0.25, 0.3) is 0 Å². The monoisotopic (exact) mass is 396 g/mol. The van der Waals surface area contributed by atoms with Gasteiger partial charge in [-0.2, -0.15) is 0 Å². The summed E-state index contributed by atoms with van der Waals surface area (Å²) in [5.41, 5.74) is 5.06.